The number of aryl methyl sites for hydroxylation is 1. The van der Waals surface area contributed by atoms with Gasteiger partial charge in [0.05, 0.1) is 18.1 Å². The van der Waals surface area contributed by atoms with Crippen LogP contribution in [0.15, 0.2) is 65.1 Å². The van der Waals surface area contributed by atoms with Crippen molar-refractivity contribution in [2.45, 2.75) is 13.5 Å². The summed E-state index contributed by atoms with van der Waals surface area (Å²) in [6.45, 7) is 2.68. The minimum Gasteiger partial charge on any atom is -0.497 e. The molecule has 4 nitrogen and oxygen atoms in total. The van der Waals surface area contributed by atoms with Crippen molar-refractivity contribution in [2.24, 2.45) is 0 Å². The maximum Gasteiger partial charge on any atom is 0.177 e. The lowest BCUT2D eigenvalue weighted by Gasteiger charge is -2.08. The molecule has 0 aliphatic carbocycles. The van der Waals surface area contributed by atoms with Gasteiger partial charge in [-0.3, -0.25) is 0 Å². The summed E-state index contributed by atoms with van der Waals surface area (Å²) in [5, 5.41) is 0. The molecule has 0 unspecified atom stereocenters. The number of hydrogen-bond donors (Lipinski definition) is 0. The van der Waals surface area contributed by atoms with Crippen LogP contribution >= 0.6 is 0 Å². The maximum absolute atomic E-state index is 5.82. The molecule has 0 atom stereocenters. The normalized spacial score (nSPS) is 11.1. The Bertz CT molecular complexity index is 983. The van der Waals surface area contributed by atoms with Gasteiger partial charge in [0.1, 0.15) is 11.5 Å². The molecular formula is C20H18N2O2. The summed E-state index contributed by atoms with van der Waals surface area (Å²) in [4.78, 5) is 4.79. The lowest BCUT2D eigenvalue weighted by Crippen LogP contribution is -2.01. The van der Waals surface area contributed by atoms with Crippen LogP contribution in [-0.4, -0.2) is 16.7 Å². The van der Waals surface area contributed by atoms with Crippen LogP contribution in [0, 0.1) is 6.92 Å². The molecule has 0 bridgehead atoms. The molecule has 4 rings (SSSR count). The summed E-state index contributed by atoms with van der Waals surface area (Å²) in [5.41, 5.74) is 3.18. The summed E-state index contributed by atoms with van der Waals surface area (Å²) in [6.07, 6.45) is 0. The Kier molecular flexibility index (Phi) is 3.58. The van der Waals surface area contributed by atoms with Gasteiger partial charge in [0, 0.05) is 12.6 Å². The van der Waals surface area contributed by atoms with Crippen LogP contribution in [0.1, 0.15) is 11.3 Å². The first-order valence-electron chi connectivity index (χ1n) is 7.89. The number of aromatic nitrogens is 2. The van der Waals surface area contributed by atoms with Gasteiger partial charge in [-0.1, -0.05) is 30.3 Å². The Labute approximate surface area is 140 Å². The molecule has 2 heterocycles. The maximum atomic E-state index is 5.82. The Morgan fingerprint density at radius 1 is 1.04 bits per heavy atom. The Morgan fingerprint density at radius 2 is 1.88 bits per heavy atom. The van der Waals surface area contributed by atoms with Crippen molar-refractivity contribution >= 4 is 11.0 Å². The molecule has 0 saturated heterocycles. The molecule has 2 aromatic carbocycles. The summed E-state index contributed by atoms with van der Waals surface area (Å²) in [6, 6.07) is 20.2. The lowest BCUT2D eigenvalue weighted by molar-refractivity contribution is 0.415. The minimum absolute atomic E-state index is 0.735. The largest absolute Gasteiger partial charge is 0.497 e. The van der Waals surface area contributed by atoms with E-state index in [2.05, 4.69) is 16.7 Å². The predicted molar refractivity (Wildman–Crippen MR) is 94.3 cm³/mol. The smallest absolute Gasteiger partial charge is 0.177 e. The van der Waals surface area contributed by atoms with Gasteiger partial charge in [0.25, 0.3) is 0 Å². The van der Waals surface area contributed by atoms with Crippen molar-refractivity contribution in [1.82, 2.24) is 9.55 Å². The van der Waals surface area contributed by atoms with E-state index in [1.165, 1.54) is 5.56 Å². The van der Waals surface area contributed by atoms with Crippen molar-refractivity contribution in [3.63, 3.8) is 0 Å². The first kappa shape index (κ1) is 14.6. The number of ether oxygens (including phenoxy) is 1. The van der Waals surface area contributed by atoms with E-state index in [4.69, 9.17) is 14.1 Å². The van der Waals surface area contributed by atoms with E-state index >= 15 is 0 Å². The molecule has 0 amide bonds. The quantitative estimate of drug-likeness (QED) is 0.549. The fourth-order valence-electron chi connectivity index (χ4n) is 2.91. The monoisotopic (exact) mass is 318 g/mol. The zero-order valence-corrected chi connectivity index (χ0v) is 13.7. The van der Waals surface area contributed by atoms with Crippen LogP contribution in [0.2, 0.25) is 0 Å². The number of furan rings is 1. The number of hydrogen-bond acceptors (Lipinski definition) is 3. The SMILES string of the molecule is COc1ccc2c(c1)nc(-c1ccc(C)o1)n2Cc1ccccc1. The molecule has 0 fully saturated rings. The van der Waals surface area contributed by atoms with E-state index in [0.29, 0.717) is 0 Å². The van der Waals surface area contributed by atoms with E-state index in [1.807, 2.05) is 55.5 Å². The second-order valence-electron chi connectivity index (χ2n) is 5.77. The van der Waals surface area contributed by atoms with Crippen molar-refractivity contribution in [2.75, 3.05) is 7.11 Å². The first-order valence-corrected chi connectivity index (χ1v) is 7.89. The van der Waals surface area contributed by atoms with Gasteiger partial charge in [0.15, 0.2) is 11.6 Å². The van der Waals surface area contributed by atoms with E-state index in [0.717, 1.165) is 40.7 Å². The van der Waals surface area contributed by atoms with Gasteiger partial charge in [-0.05, 0) is 36.8 Å². The molecule has 120 valence electrons. The van der Waals surface area contributed by atoms with E-state index in [1.54, 1.807) is 7.11 Å². The summed E-state index contributed by atoms with van der Waals surface area (Å²) < 4.78 is 13.3. The number of methoxy groups -OCH3 is 1. The number of nitrogens with zero attached hydrogens (tertiary/aromatic N) is 2. The van der Waals surface area contributed by atoms with Crippen LogP contribution in [0.4, 0.5) is 0 Å². The standard InChI is InChI=1S/C20H18N2O2/c1-14-8-11-19(24-14)20-21-17-12-16(23-2)9-10-18(17)22(20)13-15-6-4-3-5-7-15/h3-12H,13H2,1-2H3. The third kappa shape index (κ3) is 2.56. The van der Waals surface area contributed by atoms with Crippen molar-refractivity contribution in [1.29, 1.82) is 0 Å². The van der Waals surface area contributed by atoms with Gasteiger partial charge >= 0.3 is 0 Å². The average Bonchev–Trinajstić information content (AvgIpc) is 3.19. The Hall–Kier alpha value is -3.01. The molecule has 0 N–H and O–H groups in total. The van der Waals surface area contributed by atoms with Crippen molar-refractivity contribution in [3.8, 4) is 17.3 Å². The van der Waals surface area contributed by atoms with Gasteiger partial charge < -0.3 is 13.7 Å². The molecule has 0 radical (unpaired) electrons. The molecule has 4 aromatic rings. The zero-order valence-electron chi connectivity index (χ0n) is 13.7. The number of imidazole rings is 1. The van der Waals surface area contributed by atoms with Gasteiger partial charge in [-0.25, -0.2) is 4.98 Å². The highest BCUT2D eigenvalue weighted by Crippen LogP contribution is 2.29. The van der Waals surface area contributed by atoms with Crippen LogP contribution in [0.25, 0.3) is 22.6 Å². The first-order chi connectivity index (χ1) is 11.7. The lowest BCUT2D eigenvalue weighted by atomic mass is 10.2. The van der Waals surface area contributed by atoms with Crippen LogP contribution < -0.4 is 4.74 Å². The highest BCUT2D eigenvalue weighted by atomic mass is 16.5. The van der Waals surface area contributed by atoms with E-state index < -0.39 is 0 Å². The molecule has 4 heteroatoms. The fourth-order valence-corrected chi connectivity index (χ4v) is 2.91. The van der Waals surface area contributed by atoms with Gasteiger partial charge in [-0.15, -0.1) is 0 Å². The Balaban J connectivity index is 1.90. The van der Waals surface area contributed by atoms with Crippen LogP contribution in [-0.2, 0) is 6.54 Å². The molecule has 24 heavy (non-hydrogen) atoms. The highest BCUT2D eigenvalue weighted by Gasteiger charge is 2.16. The van der Waals surface area contributed by atoms with Gasteiger partial charge in [0.2, 0.25) is 0 Å². The van der Waals surface area contributed by atoms with Gasteiger partial charge in [-0.2, -0.15) is 0 Å². The van der Waals surface area contributed by atoms with Crippen molar-refractivity contribution < 1.29 is 9.15 Å². The molecule has 2 aromatic heterocycles. The summed E-state index contributed by atoms with van der Waals surface area (Å²) in [5.74, 6) is 3.28. The predicted octanol–water partition coefficient (Wildman–Crippen LogP) is 4.66. The second-order valence-corrected chi connectivity index (χ2v) is 5.77. The molecule has 0 aliphatic heterocycles. The third-order valence-corrected chi connectivity index (χ3v) is 4.10. The zero-order chi connectivity index (χ0) is 16.5. The van der Waals surface area contributed by atoms with E-state index in [-0.39, 0.29) is 0 Å². The topological polar surface area (TPSA) is 40.2 Å². The highest BCUT2D eigenvalue weighted by molar-refractivity contribution is 5.81. The number of rotatable bonds is 4. The Morgan fingerprint density at radius 3 is 2.58 bits per heavy atom. The third-order valence-electron chi connectivity index (χ3n) is 4.10. The minimum atomic E-state index is 0.735. The summed E-state index contributed by atoms with van der Waals surface area (Å²) >= 11 is 0. The number of fused-ring (bicyclic) bond motifs is 1. The number of benzene rings is 2. The van der Waals surface area contributed by atoms with Crippen molar-refractivity contribution in [3.05, 3.63) is 72.0 Å². The molecule has 0 aliphatic rings. The molecule has 0 saturated carbocycles. The average molecular weight is 318 g/mol. The molecule has 0 spiro atoms. The summed E-state index contributed by atoms with van der Waals surface area (Å²) in [7, 11) is 1.67. The van der Waals surface area contributed by atoms with Crippen LogP contribution in [0.3, 0.4) is 0 Å². The van der Waals surface area contributed by atoms with Crippen LogP contribution in [0.5, 0.6) is 5.75 Å². The van der Waals surface area contributed by atoms with E-state index in [9.17, 15) is 0 Å². The molecular weight excluding hydrogens is 300 g/mol. The fraction of sp³-hybridized carbons (Fsp3) is 0.150. The second kappa shape index (κ2) is 5.89.